The number of carbonyl (C=O) groups is 1. The Morgan fingerprint density at radius 3 is 2.75 bits per heavy atom. The summed E-state index contributed by atoms with van der Waals surface area (Å²) in [7, 11) is 0. The molecule has 1 aromatic rings. The van der Waals surface area contributed by atoms with Crippen LogP contribution in [0.15, 0.2) is 12.3 Å². The highest BCUT2D eigenvalue weighted by Gasteiger charge is 2.32. The molecule has 86 valence electrons. The molecule has 3 nitrogen and oxygen atoms in total. The van der Waals surface area contributed by atoms with E-state index in [9.17, 15) is 4.79 Å². The summed E-state index contributed by atoms with van der Waals surface area (Å²) in [6.07, 6.45) is 3.66. The first-order valence-corrected chi connectivity index (χ1v) is 6.01. The van der Waals surface area contributed by atoms with Crippen LogP contribution in [0.3, 0.4) is 0 Å². The summed E-state index contributed by atoms with van der Waals surface area (Å²) in [6.45, 7) is 2.69. The zero-order valence-electron chi connectivity index (χ0n) is 8.91. The van der Waals surface area contributed by atoms with Crippen LogP contribution in [0.2, 0.25) is 10.2 Å². The van der Waals surface area contributed by atoms with Crippen molar-refractivity contribution in [1.82, 2.24) is 9.88 Å². The van der Waals surface area contributed by atoms with Crippen molar-refractivity contribution in [2.45, 2.75) is 25.8 Å². The normalized spacial score (nSPS) is 14.9. The SMILES string of the molecule is CCN(C(=O)c1cnc(Cl)c(Cl)c1)C1CC1. The van der Waals surface area contributed by atoms with Crippen LogP contribution in [0, 0.1) is 0 Å². The number of pyridine rings is 1. The zero-order chi connectivity index (χ0) is 11.7. The molecule has 0 aromatic carbocycles. The summed E-state index contributed by atoms with van der Waals surface area (Å²) in [5.41, 5.74) is 0.503. The molecule has 1 aromatic heterocycles. The van der Waals surface area contributed by atoms with Gasteiger partial charge in [-0.1, -0.05) is 23.2 Å². The van der Waals surface area contributed by atoms with Crippen LogP contribution in [0.5, 0.6) is 0 Å². The predicted molar refractivity (Wildman–Crippen MR) is 64.0 cm³/mol. The average Bonchev–Trinajstić information content (AvgIpc) is 3.07. The Hall–Kier alpha value is -0.800. The Bertz CT molecular complexity index is 418. The quantitative estimate of drug-likeness (QED) is 0.782. The Morgan fingerprint density at radius 2 is 2.25 bits per heavy atom. The number of rotatable bonds is 3. The number of hydrogen-bond donors (Lipinski definition) is 0. The number of amides is 1. The third-order valence-corrected chi connectivity index (χ3v) is 3.32. The molecular formula is C11H12Cl2N2O. The van der Waals surface area contributed by atoms with E-state index in [1.165, 1.54) is 6.20 Å². The molecule has 0 unspecified atom stereocenters. The predicted octanol–water partition coefficient (Wildman–Crippen LogP) is 3.01. The zero-order valence-corrected chi connectivity index (χ0v) is 10.4. The van der Waals surface area contributed by atoms with Gasteiger partial charge in [-0.25, -0.2) is 4.98 Å². The largest absolute Gasteiger partial charge is 0.336 e. The maximum atomic E-state index is 12.1. The lowest BCUT2D eigenvalue weighted by molar-refractivity contribution is 0.0752. The smallest absolute Gasteiger partial charge is 0.255 e. The molecule has 16 heavy (non-hydrogen) atoms. The van der Waals surface area contributed by atoms with E-state index in [0.29, 0.717) is 23.2 Å². The van der Waals surface area contributed by atoms with Gasteiger partial charge in [0.2, 0.25) is 0 Å². The van der Waals surface area contributed by atoms with E-state index in [1.807, 2.05) is 11.8 Å². The van der Waals surface area contributed by atoms with Crippen molar-refractivity contribution in [2.75, 3.05) is 6.54 Å². The lowest BCUT2D eigenvalue weighted by atomic mass is 10.2. The second kappa shape index (κ2) is 4.60. The molecule has 1 aliphatic rings. The Kier molecular flexibility index (Phi) is 3.36. The van der Waals surface area contributed by atoms with E-state index in [2.05, 4.69) is 4.98 Å². The minimum absolute atomic E-state index is 0.0175. The van der Waals surface area contributed by atoms with Crippen molar-refractivity contribution in [1.29, 1.82) is 0 Å². The standard InChI is InChI=1S/C11H12Cl2N2O/c1-2-15(8-3-4-8)11(16)7-5-9(12)10(13)14-6-7/h5-6,8H,2-4H2,1H3. The van der Waals surface area contributed by atoms with Crippen LogP contribution in [-0.4, -0.2) is 28.4 Å². The van der Waals surface area contributed by atoms with E-state index in [-0.39, 0.29) is 11.1 Å². The summed E-state index contributed by atoms with van der Waals surface area (Å²) in [5.74, 6) is -0.0175. The Labute approximate surface area is 104 Å². The molecule has 1 aliphatic carbocycles. The lowest BCUT2D eigenvalue weighted by Gasteiger charge is -2.20. The number of aromatic nitrogens is 1. The van der Waals surface area contributed by atoms with Crippen LogP contribution >= 0.6 is 23.2 Å². The summed E-state index contributed by atoms with van der Waals surface area (Å²) in [4.78, 5) is 17.8. The van der Waals surface area contributed by atoms with Crippen LogP contribution in [-0.2, 0) is 0 Å². The molecule has 0 radical (unpaired) electrons. The van der Waals surface area contributed by atoms with Gasteiger partial charge in [-0.05, 0) is 25.8 Å². The molecule has 1 saturated carbocycles. The fraction of sp³-hybridized carbons (Fsp3) is 0.455. The summed E-state index contributed by atoms with van der Waals surface area (Å²) in [5, 5.41) is 0.548. The van der Waals surface area contributed by atoms with Gasteiger partial charge in [-0.15, -0.1) is 0 Å². The van der Waals surface area contributed by atoms with Crippen molar-refractivity contribution in [3.05, 3.63) is 28.0 Å². The Balaban J connectivity index is 2.22. The fourth-order valence-corrected chi connectivity index (χ4v) is 1.93. The molecule has 1 fully saturated rings. The second-order valence-electron chi connectivity index (χ2n) is 3.82. The highest BCUT2D eigenvalue weighted by atomic mass is 35.5. The van der Waals surface area contributed by atoms with E-state index in [1.54, 1.807) is 6.07 Å². The lowest BCUT2D eigenvalue weighted by Crippen LogP contribution is -2.32. The molecule has 0 bridgehead atoms. The van der Waals surface area contributed by atoms with Gasteiger partial charge >= 0.3 is 0 Å². The van der Waals surface area contributed by atoms with Crippen LogP contribution in [0.4, 0.5) is 0 Å². The highest BCUT2D eigenvalue weighted by molar-refractivity contribution is 6.41. The molecule has 5 heteroatoms. The molecule has 1 amide bonds. The van der Waals surface area contributed by atoms with Gasteiger partial charge in [0.15, 0.2) is 0 Å². The van der Waals surface area contributed by atoms with Gasteiger partial charge in [-0.2, -0.15) is 0 Å². The third kappa shape index (κ3) is 2.30. The van der Waals surface area contributed by atoms with Crippen LogP contribution in [0.25, 0.3) is 0 Å². The minimum Gasteiger partial charge on any atom is -0.336 e. The molecule has 0 atom stereocenters. The Morgan fingerprint density at radius 1 is 1.56 bits per heavy atom. The van der Waals surface area contributed by atoms with Crippen molar-refractivity contribution in [3.63, 3.8) is 0 Å². The third-order valence-electron chi connectivity index (χ3n) is 2.63. The minimum atomic E-state index is -0.0175. The van der Waals surface area contributed by atoms with E-state index >= 15 is 0 Å². The van der Waals surface area contributed by atoms with Gasteiger partial charge in [0.1, 0.15) is 5.15 Å². The first-order chi connectivity index (χ1) is 7.63. The number of nitrogens with zero attached hydrogens (tertiary/aromatic N) is 2. The second-order valence-corrected chi connectivity index (χ2v) is 4.58. The summed E-state index contributed by atoms with van der Waals surface area (Å²) < 4.78 is 0. The van der Waals surface area contributed by atoms with Crippen molar-refractivity contribution in [3.8, 4) is 0 Å². The van der Waals surface area contributed by atoms with Crippen molar-refractivity contribution in [2.24, 2.45) is 0 Å². The van der Waals surface area contributed by atoms with Crippen molar-refractivity contribution >= 4 is 29.1 Å². The van der Waals surface area contributed by atoms with E-state index in [4.69, 9.17) is 23.2 Å². The van der Waals surface area contributed by atoms with Crippen LogP contribution < -0.4 is 0 Å². The summed E-state index contributed by atoms with van der Waals surface area (Å²) in [6, 6.07) is 1.97. The molecule has 0 aliphatic heterocycles. The molecule has 0 spiro atoms. The van der Waals surface area contributed by atoms with Crippen LogP contribution in [0.1, 0.15) is 30.1 Å². The number of halogens is 2. The first-order valence-electron chi connectivity index (χ1n) is 5.25. The average molecular weight is 259 g/mol. The summed E-state index contributed by atoms with van der Waals surface area (Å²) >= 11 is 11.5. The molecule has 0 N–H and O–H groups in total. The van der Waals surface area contributed by atoms with E-state index in [0.717, 1.165) is 12.8 Å². The molecular weight excluding hydrogens is 247 g/mol. The molecule has 0 saturated heterocycles. The first kappa shape index (κ1) is 11.7. The molecule has 2 rings (SSSR count). The van der Waals surface area contributed by atoms with Crippen molar-refractivity contribution < 1.29 is 4.79 Å². The van der Waals surface area contributed by atoms with Gasteiger partial charge in [0, 0.05) is 18.8 Å². The van der Waals surface area contributed by atoms with Gasteiger partial charge in [0.05, 0.1) is 10.6 Å². The number of carbonyl (C=O) groups excluding carboxylic acids is 1. The monoisotopic (exact) mass is 258 g/mol. The van der Waals surface area contributed by atoms with Gasteiger partial charge in [0.25, 0.3) is 5.91 Å². The topological polar surface area (TPSA) is 33.2 Å². The number of hydrogen-bond acceptors (Lipinski definition) is 2. The van der Waals surface area contributed by atoms with Gasteiger partial charge in [-0.3, -0.25) is 4.79 Å². The van der Waals surface area contributed by atoms with E-state index < -0.39 is 0 Å². The maximum Gasteiger partial charge on any atom is 0.255 e. The molecule has 1 heterocycles. The fourth-order valence-electron chi connectivity index (χ4n) is 1.66. The van der Waals surface area contributed by atoms with Gasteiger partial charge < -0.3 is 4.90 Å². The highest BCUT2D eigenvalue weighted by Crippen LogP contribution is 2.28. The maximum absolute atomic E-state index is 12.1.